The van der Waals surface area contributed by atoms with Gasteiger partial charge in [0, 0.05) is 5.56 Å². The Morgan fingerprint density at radius 3 is 2.71 bits per heavy atom. The van der Waals surface area contributed by atoms with Gasteiger partial charge in [-0.2, -0.15) is 9.65 Å². The zero-order chi connectivity index (χ0) is 10.7. The van der Waals surface area contributed by atoms with Gasteiger partial charge in [-0.15, -0.1) is 0 Å². The van der Waals surface area contributed by atoms with Crippen molar-refractivity contribution in [3.63, 3.8) is 0 Å². The molecule has 5 heteroatoms. The Morgan fingerprint density at radius 1 is 1.57 bits per heavy atom. The highest BCUT2D eigenvalue weighted by Gasteiger charge is 2.18. The van der Waals surface area contributed by atoms with E-state index in [-0.39, 0.29) is 17.7 Å². The highest BCUT2D eigenvalue weighted by Crippen LogP contribution is 2.32. The number of phenols is 1. The highest BCUT2D eigenvalue weighted by molar-refractivity contribution is 5.44. The predicted octanol–water partition coefficient (Wildman–Crippen LogP) is 1.75. The normalized spacial score (nSPS) is 9.57. The van der Waals surface area contributed by atoms with Crippen molar-refractivity contribution in [3.8, 4) is 17.6 Å². The zero-order valence-corrected chi connectivity index (χ0v) is 7.34. The van der Waals surface area contributed by atoms with E-state index in [2.05, 4.69) is 4.74 Å². The number of nitrogens with zero attached hydrogens (tertiary/aromatic N) is 1. The van der Waals surface area contributed by atoms with E-state index in [1.165, 1.54) is 7.11 Å². The molecular formula is C9H7F2NO2. The van der Waals surface area contributed by atoms with Gasteiger partial charge in [-0.25, -0.2) is 4.39 Å². The second-order valence-electron chi connectivity index (χ2n) is 2.55. The third kappa shape index (κ3) is 1.59. The Hall–Kier alpha value is -1.83. The molecule has 0 aliphatic heterocycles. The SMILES string of the molecule is COc1c(CC#N)cc(F)c(O)c1F. The Morgan fingerprint density at radius 2 is 2.21 bits per heavy atom. The number of ether oxygens (including phenoxy) is 1. The molecule has 3 nitrogen and oxygen atoms in total. The summed E-state index contributed by atoms with van der Waals surface area (Å²) in [6, 6.07) is 2.61. The molecule has 0 spiro atoms. The van der Waals surface area contributed by atoms with Crippen LogP contribution in [0.25, 0.3) is 0 Å². The first-order valence-electron chi connectivity index (χ1n) is 3.72. The summed E-state index contributed by atoms with van der Waals surface area (Å²) in [5.41, 5.74) is 0.0720. The first-order valence-corrected chi connectivity index (χ1v) is 3.72. The van der Waals surface area contributed by atoms with Crippen LogP contribution in [0.4, 0.5) is 8.78 Å². The van der Waals surface area contributed by atoms with E-state index in [1.807, 2.05) is 0 Å². The largest absolute Gasteiger partial charge is 0.503 e. The van der Waals surface area contributed by atoms with Crippen LogP contribution in [0, 0.1) is 23.0 Å². The Balaban J connectivity index is 3.37. The maximum Gasteiger partial charge on any atom is 0.209 e. The van der Waals surface area contributed by atoms with Gasteiger partial charge in [-0.1, -0.05) is 0 Å². The maximum atomic E-state index is 13.1. The summed E-state index contributed by atoms with van der Waals surface area (Å²) in [5, 5.41) is 17.3. The Bertz CT molecular complexity index is 399. The van der Waals surface area contributed by atoms with E-state index < -0.39 is 17.4 Å². The molecule has 1 rings (SSSR count). The topological polar surface area (TPSA) is 53.2 Å². The lowest BCUT2D eigenvalue weighted by Gasteiger charge is -2.08. The average molecular weight is 199 g/mol. The zero-order valence-electron chi connectivity index (χ0n) is 7.34. The monoisotopic (exact) mass is 199 g/mol. The van der Waals surface area contributed by atoms with Crippen molar-refractivity contribution < 1.29 is 18.6 Å². The number of halogens is 2. The van der Waals surface area contributed by atoms with Crippen LogP contribution in [0.3, 0.4) is 0 Å². The summed E-state index contributed by atoms with van der Waals surface area (Å²) in [6.45, 7) is 0. The molecule has 14 heavy (non-hydrogen) atoms. The molecule has 0 aliphatic rings. The molecule has 0 fully saturated rings. The fraction of sp³-hybridized carbons (Fsp3) is 0.222. The van der Waals surface area contributed by atoms with Crippen LogP contribution in [0.1, 0.15) is 5.56 Å². The number of rotatable bonds is 2. The van der Waals surface area contributed by atoms with E-state index in [9.17, 15) is 8.78 Å². The number of nitriles is 1. The average Bonchev–Trinajstić information content (AvgIpc) is 2.16. The van der Waals surface area contributed by atoms with E-state index in [4.69, 9.17) is 10.4 Å². The Labute approximate surface area is 79.2 Å². The minimum Gasteiger partial charge on any atom is -0.503 e. The van der Waals surface area contributed by atoms with Crippen molar-refractivity contribution in [2.45, 2.75) is 6.42 Å². The molecule has 0 heterocycles. The lowest BCUT2D eigenvalue weighted by atomic mass is 10.1. The third-order valence-corrected chi connectivity index (χ3v) is 1.70. The molecule has 1 aromatic rings. The van der Waals surface area contributed by atoms with Crippen LogP contribution >= 0.6 is 0 Å². The van der Waals surface area contributed by atoms with Gasteiger partial charge < -0.3 is 9.84 Å². The van der Waals surface area contributed by atoms with Crippen LogP contribution in [0.5, 0.6) is 11.5 Å². The first-order chi connectivity index (χ1) is 6.61. The van der Waals surface area contributed by atoms with Gasteiger partial charge in [0.2, 0.25) is 5.82 Å². The van der Waals surface area contributed by atoms with Crippen LogP contribution in [0.2, 0.25) is 0 Å². The molecule has 0 bridgehead atoms. The van der Waals surface area contributed by atoms with Crippen LogP contribution in [0.15, 0.2) is 6.07 Å². The summed E-state index contributed by atoms with van der Waals surface area (Å²) in [4.78, 5) is 0. The standard InChI is InChI=1S/C9H7F2NO2/c1-14-9-5(2-3-12)4-6(10)8(13)7(9)11/h4,13H,2H2,1H3. The molecule has 0 aromatic heterocycles. The van der Waals surface area contributed by atoms with Crippen molar-refractivity contribution in [1.29, 1.82) is 5.26 Å². The second-order valence-corrected chi connectivity index (χ2v) is 2.55. The van der Waals surface area contributed by atoms with E-state index in [0.29, 0.717) is 0 Å². The van der Waals surface area contributed by atoms with E-state index in [1.54, 1.807) is 6.07 Å². The van der Waals surface area contributed by atoms with Gasteiger partial charge in [0.05, 0.1) is 19.6 Å². The van der Waals surface area contributed by atoms with Crippen LogP contribution in [-0.4, -0.2) is 12.2 Å². The van der Waals surface area contributed by atoms with Gasteiger partial charge in [0.15, 0.2) is 17.3 Å². The van der Waals surface area contributed by atoms with Crippen molar-refractivity contribution in [3.05, 3.63) is 23.3 Å². The first kappa shape index (κ1) is 10.3. The smallest absolute Gasteiger partial charge is 0.209 e. The molecule has 0 unspecified atom stereocenters. The molecule has 1 aromatic carbocycles. The number of benzene rings is 1. The molecule has 0 saturated heterocycles. The molecule has 0 aliphatic carbocycles. The van der Waals surface area contributed by atoms with E-state index in [0.717, 1.165) is 6.07 Å². The molecular weight excluding hydrogens is 192 g/mol. The van der Waals surface area contributed by atoms with Gasteiger partial charge >= 0.3 is 0 Å². The number of phenolic OH excluding ortho intramolecular Hbond substituents is 1. The quantitative estimate of drug-likeness (QED) is 0.789. The highest BCUT2D eigenvalue weighted by atomic mass is 19.1. The summed E-state index contributed by atoms with van der Waals surface area (Å²) in [7, 11) is 1.18. The van der Waals surface area contributed by atoms with Crippen LogP contribution in [-0.2, 0) is 6.42 Å². The van der Waals surface area contributed by atoms with Gasteiger partial charge in [-0.3, -0.25) is 0 Å². The lowest BCUT2D eigenvalue weighted by Crippen LogP contribution is -1.97. The summed E-state index contributed by atoms with van der Waals surface area (Å²) in [5.74, 6) is -3.68. The maximum absolute atomic E-state index is 13.1. The molecule has 0 amide bonds. The Kier molecular flexibility index (Phi) is 2.87. The van der Waals surface area contributed by atoms with Crippen LogP contribution < -0.4 is 4.74 Å². The van der Waals surface area contributed by atoms with Crippen molar-refractivity contribution in [2.75, 3.05) is 7.11 Å². The number of methoxy groups -OCH3 is 1. The van der Waals surface area contributed by atoms with Crippen molar-refractivity contribution >= 4 is 0 Å². The summed E-state index contributed by atoms with van der Waals surface area (Å²) in [6.07, 6.45) is -0.183. The predicted molar refractivity (Wildman–Crippen MR) is 43.9 cm³/mol. The lowest BCUT2D eigenvalue weighted by molar-refractivity contribution is 0.347. The summed E-state index contributed by atoms with van der Waals surface area (Å²) >= 11 is 0. The van der Waals surface area contributed by atoms with Crippen molar-refractivity contribution in [1.82, 2.24) is 0 Å². The molecule has 74 valence electrons. The molecule has 0 atom stereocenters. The molecule has 0 radical (unpaired) electrons. The number of aromatic hydroxyl groups is 1. The summed E-state index contributed by atoms with van der Waals surface area (Å²) < 4.78 is 30.6. The third-order valence-electron chi connectivity index (χ3n) is 1.70. The fourth-order valence-electron chi connectivity index (χ4n) is 1.08. The second kappa shape index (κ2) is 3.92. The van der Waals surface area contributed by atoms with Gasteiger partial charge in [0.25, 0.3) is 0 Å². The minimum atomic E-state index is -1.18. The molecule has 1 N–H and O–H groups in total. The number of hydrogen-bond acceptors (Lipinski definition) is 3. The number of hydrogen-bond donors (Lipinski definition) is 1. The van der Waals surface area contributed by atoms with Gasteiger partial charge in [-0.05, 0) is 6.07 Å². The van der Waals surface area contributed by atoms with Crippen molar-refractivity contribution in [2.24, 2.45) is 0 Å². The molecule has 0 saturated carbocycles. The fourth-order valence-corrected chi connectivity index (χ4v) is 1.08. The van der Waals surface area contributed by atoms with E-state index >= 15 is 0 Å². The van der Waals surface area contributed by atoms with Gasteiger partial charge in [0.1, 0.15) is 0 Å². The minimum absolute atomic E-state index is 0.0720.